The average Bonchev–Trinajstić information content (AvgIpc) is 2.68. The summed E-state index contributed by atoms with van der Waals surface area (Å²) in [7, 11) is 0. The molecular weight excluding hydrogens is 214 g/mol. The highest BCUT2D eigenvalue weighted by Crippen LogP contribution is 2.14. The van der Waals surface area contributed by atoms with Crippen LogP contribution in [0.5, 0.6) is 0 Å². The molecule has 0 aromatic carbocycles. The second kappa shape index (κ2) is 7.07. The predicted octanol–water partition coefficient (Wildman–Crippen LogP) is 2.08. The van der Waals surface area contributed by atoms with Gasteiger partial charge in [-0.05, 0) is 19.3 Å². The number of carbonyl (C=O) groups is 1. The van der Waals surface area contributed by atoms with E-state index in [4.69, 9.17) is 16.3 Å². The topological polar surface area (TPSA) is 38.3 Å². The van der Waals surface area contributed by atoms with Gasteiger partial charge in [-0.3, -0.25) is 4.79 Å². The number of amides is 1. The van der Waals surface area contributed by atoms with Crippen molar-refractivity contribution in [2.75, 3.05) is 13.2 Å². The van der Waals surface area contributed by atoms with Crippen LogP contribution in [-0.2, 0) is 9.53 Å². The largest absolute Gasteiger partial charge is 0.378 e. The Bertz CT molecular complexity index is 193. The molecule has 0 aliphatic carbocycles. The summed E-state index contributed by atoms with van der Waals surface area (Å²) in [4.78, 5) is 11.5. The monoisotopic (exact) mass is 233 g/mol. The molecule has 0 aromatic rings. The Morgan fingerprint density at radius 1 is 1.67 bits per heavy atom. The average molecular weight is 234 g/mol. The Morgan fingerprint density at radius 3 is 3.07 bits per heavy atom. The molecule has 1 saturated heterocycles. The van der Waals surface area contributed by atoms with Crippen LogP contribution in [0.3, 0.4) is 0 Å². The lowest BCUT2D eigenvalue weighted by Gasteiger charge is -2.12. The third-order valence-electron chi connectivity index (χ3n) is 2.56. The van der Waals surface area contributed by atoms with E-state index in [-0.39, 0.29) is 17.4 Å². The van der Waals surface area contributed by atoms with Crippen LogP contribution in [0.15, 0.2) is 0 Å². The van der Waals surface area contributed by atoms with Gasteiger partial charge >= 0.3 is 0 Å². The zero-order chi connectivity index (χ0) is 11.1. The molecule has 1 rings (SSSR count). The highest BCUT2D eigenvalue weighted by atomic mass is 35.5. The molecule has 0 saturated carbocycles. The van der Waals surface area contributed by atoms with Crippen molar-refractivity contribution in [3.63, 3.8) is 0 Å². The number of hydrogen-bond donors (Lipinski definition) is 1. The lowest BCUT2D eigenvalue weighted by atomic mass is 10.2. The molecule has 1 aliphatic heterocycles. The second-order valence-electron chi connectivity index (χ2n) is 4.03. The van der Waals surface area contributed by atoms with Gasteiger partial charge in [0.05, 0.1) is 17.9 Å². The minimum atomic E-state index is 0.0587. The standard InChI is InChI=1S/C11H20ClNO2/c1-2-4-9(12)8-13-11(14)7-10-5-3-6-15-10/h9-10H,2-8H2,1H3,(H,13,14). The molecule has 1 aliphatic rings. The Morgan fingerprint density at radius 2 is 2.47 bits per heavy atom. The fourth-order valence-electron chi connectivity index (χ4n) is 1.72. The molecule has 0 spiro atoms. The van der Waals surface area contributed by atoms with Crippen molar-refractivity contribution in [2.24, 2.45) is 0 Å². The van der Waals surface area contributed by atoms with Gasteiger partial charge in [0.15, 0.2) is 0 Å². The summed E-state index contributed by atoms with van der Waals surface area (Å²) in [5.74, 6) is 0.0589. The van der Waals surface area contributed by atoms with Crippen molar-refractivity contribution in [3.8, 4) is 0 Å². The minimum absolute atomic E-state index is 0.0587. The summed E-state index contributed by atoms with van der Waals surface area (Å²) in [5, 5.41) is 2.90. The fourth-order valence-corrected chi connectivity index (χ4v) is 2.02. The third-order valence-corrected chi connectivity index (χ3v) is 2.93. The van der Waals surface area contributed by atoms with Gasteiger partial charge in [0.25, 0.3) is 0 Å². The number of ether oxygens (including phenoxy) is 1. The van der Waals surface area contributed by atoms with Crippen molar-refractivity contribution >= 4 is 17.5 Å². The van der Waals surface area contributed by atoms with E-state index in [1.165, 1.54) is 0 Å². The van der Waals surface area contributed by atoms with Crippen LogP contribution in [0.4, 0.5) is 0 Å². The van der Waals surface area contributed by atoms with E-state index in [9.17, 15) is 4.79 Å². The molecule has 0 bridgehead atoms. The van der Waals surface area contributed by atoms with E-state index in [0.29, 0.717) is 13.0 Å². The summed E-state index contributed by atoms with van der Waals surface area (Å²) in [5.41, 5.74) is 0. The van der Waals surface area contributed by atoms with Gasteiger partial charge in [-0.1, -0.05) is 13.3 Å². The van der Waals surface area contributed by atoms with Crippen LogP contribution in [0, 0.1) is 0 Å². The first-order valence-electron chi connectivity index (χ1n) is 5.74. The smallest absolute Gasteiger partial charge is 0.222 e. The summed E-state index contributed by atoms with van der Waals surface area (Å²) in [6.07, 6.45) is 4.69. The molecule has 1 N–H and O–H groups in total. The Hall–Kier alpha value is -0.280. The normalized spacial score (nSPS) is 22.7. The number of alkyl halides is 1. The Kier molecular flexibility index (Phi) is 6.03. The van der Waals surface area contributed by atoms with Gasteiger partial charge in [0.1, 0.15) is 0 Å². The molecule has 2 unspecified atom stereocenters. The van der Waals surface area contributed by atoms with Gasteiger partial charge in [-0.2, -0.15) is 0 Å². The van der Waals surface area contributed by atoms with Gasteiger partial charge in [-0.25, -0.2) is 0 Å². The SMILES string of the molecule is CCCC(Cl)CNC(=O)CC1CCCO1. The van der Waals surface area contributed by atoms with Crippen LogP contribution < -0.4 is 5.32 Å². The summed E-state index contributed by atoms with van der Waals surface area (Å²) >= 11 is 6.00. The van der Waals surface area contributed by atoms with Gasteiger partial charge < -0.3 is 10.1 Å². The molecule has 0 radical (unpaired) electrons. The number of nitrogens with one attached hydrogen (secondary N) is 1. The first kappa shape index (κ1) is 12.8. The van der Waals surface area contributed by atoms with Crippen molar-refractivity contribution in [1.29, 1.82) is 0 Å². The maximum absolute atomic E-state index is 11.5. The van der Waals surface area contributed by atoms with Gasteiger partial charge in [0, 0.05) is 13.2 Å². The predicted molar refractivity (Wildman–Crippen MR) is 61.1 cm³/mol. The first-order chi connectivity index (χ1) is 7.22. The molecule has 3 nitrogen and oxygen atoms in total. The second-order valence-corrected chi connectivity index (χ2v) is 4.65. The van der Waals surface area contributed by atoms with Crippen LogP contribution >= 0.6 is 11.6 Å². The molecule has 2 atom stereocenters. The zero-order valence-electron chi connectivity index (χ0n) is 9.30. The van der Waals surface area contributed by atoms with Gasteiger partial charge in [0.2, 0.25) is 5.91 Å². The molecule has 1 heterocycles. The van der Waals surface area contributed by atoms with Crippen LogP contribution in [-0.4, -0.2) is 30.5 Å². The number of hydrogen-bond acceptors (Lipinski definition) is 2. The Balaban J connectivity index is 2.07. The molecule has 88 valence electrons. The first-order valence-corrected chi connectivity index (χ1v) is 6.18. The lowest BCUT2D eigenvalue weighted by Crippen LogP contribution is -2.32. The Labute approximate surface area is 96.5 Å². The molecule has 15 heavy (non-hydrogen) atoms. The van der Waals surface area contributed by atoms with Crippen LogP contribution in [0.2, 0.25) is 0 Å². The van der Waals surface area contributed by atoms with Crippen molar-refractivity contribution in [1.82, 2.24) is 5.32 Å². The third kappa shape index (κ3) is 5.38. The molecule has 0 aromatic heterocycles. The number of halogens is 1. The highest BCUT2D eigenvalue weighted by Gasteiger charge is 2.19. The maximum atomic E-state index is 11.5. The molecular formula is C11H20ClNO2. The van der Waals surface area contributed by atoms with E-state index < -0.39 is 0 Å². The fraction of sp³-hybridized carbons (Fsp3) is 0.909. The quantitative estimate of drug-likeness (QED) is 0.714. The molecule has 4 heteroatoms. The van der Waals surface area contributed by atoms with E-state index in [0.717, 1.165) is 32.3 Å². The zero-order valence-corrected chi connectivity index (χ0v) is 10.1. The van der Waals surface area contributed by atoms with E-state index in [1.54, 1.807) is 0 Å². The van der Waals surface area contributed by atoms with E-state index in [2.05, 4.69) is 12.2 Å². The highest BCUT2D eigenvalue weighted by molar-refractivity contribution is 6.20. The van der Waals surface area contributed by atoms with Crippen LogP contribution in [0.25, 0.3) is 0 Å². The van der Waals surface area contributed by atoms with Crippen molar-refractivity contribution in [2.45, 2.75) is 50.5 Å². The van der Waals surface area contributed by atoms with Crippen LogP contribution in [0.1, 0.15) is 39.0 Å². The molecule has 1 amide bonds. The maximum Gasteiger partial charge on any atom is 0.222 e. The van der Waals surface area contributed by atoms with E-state index >= 15 is 0 Å². The summed E-state index contributed by atoms with van der Waals surface area (Å²) < 4.78 is 5.38. The minimum Gasteiger partial charge on any atom is -0.378 e. The van der Waals surface area contributed by atoms with Gasteiger partial charge in [-0.15, -0.1) is 11.6 Å². The summed E-state index contributed by atoms with van der Waals surface area (Å²) in [6.45, 7) is 3.45. The summed E-state index contributed by atoms with van der Waals surface area (Å²) in [6, 6.07) is 0. The van der Waals surface area contributed by atoms with E-state index in [1.807, 2.05) is 0 Å². The number of carbonyl (C=O) groups excluding carboxylic acids is 1. The lowest BCUT2D eigenvalue weighted by molar-refractivity contribution is -0.123. The molecule has 1 fully saturated rings. The number of rotatable bonds is 6. The van der Waals surface area contributed by atoms with Crippen molar-refractivity contribution in [3.05, 3.63) is 0 Å². The van der Waals surface area contributed by atoms with Crippen molar-refractivity contribution < 1.29 is 9.53 Å².